The molecule has 2 aromatic carbocycles. The number of nitrogens with one attached hydrogen (secondary N) is 1. The average Bonchev–Trinajstić information content (AvgIpc) is 3.09. The number of esters is 1. The van der Waals surface area contributed by atoms with Crippen LogP contribution in [0.3, 0.4) is 0 Å². The molecule has 1 aliphatic rings. The summed E-state index contributed by atoms with van der Waals surface area (Å²) in [5, 5.41) is 2.78. The molecule has 2 heterocycles. The highest BCUT2D eigenvalue weighted by atomic mass is 16.5. The Morgan fingerprint density at radius 1 is 1.23 bits per heavy atom. The van der Waals surface area contributed by atoms with Crippen LogP contribution in [0, 0.1) is 0 Å². The number of aromatic nitrogens is 1. The molecule has 1 aromatic heterocycles. The number of anilines is 2. The van der Waals surface area contributed by atoms with E-state index in [0.29, 0.717) is 22.5 Å². The summed E-state index contributed by atoms with van der Waals surface area (Å²) in [4.78, 5) is 42.6. The lowest BCUT2D eigenvalue weighted by Crippen LogP contribution is -2.41. The number of ether oxygens (including phenoxy) is 1. The maximum absolute atomic E-state index is 12.8. The Hall–Kier alpha value is -3.94. The largest absolute Gasteiger partial charge is 0.452 e. The van der Waals surface area contributed by atoms with Crippen molar-refractivity contribution in [1.29, 1.82) is 0 Å². The van der Waals surface area contributed by atoms with Gasteiger partial charge >= 0.3 is 5.97 Å². The highest BCUT2D eigenvalue weighted by molar-refractivity contribution is 6.05. The van der Waals surface area contributed by atoms with E-state index in [1.54, 1.807) is 43.3 Å². The number of carbonyl (C=O) groups is 3. The van der Waals surface area contributed by atoms with Crippen LogP contribution in [0.25, 0.3) is 17.2 Å². The first-order valence-electron chi connectivity index (χ1n) is 9.42. The highest BCUT2D eigenvalue weighted by Gasteiger charge is 2.29. The summed E-state index contributed by atoms with van der Waals surface area (Å²) < 4.78 is 10.6. The summed E-state index contributed by atoms with van der Waals surface area (Å²) in [6.45, 7) is 1.32. The molecule has 0 unspecified atom stereocenters. The molecule has 1 atom stereocenters. The number of rotatable bonds is 4. The van der Waals surface area contributed by atoms with Crippen LogP contribution in [0.15, 0.2) is 59.0 Å². The van der Waals surface area contributed by atoms with Crippen molar-refractivity contribution in [2.24, 2.45) is 0 Å². The maximum Gasteiger partial charge on any atom is 0.331 e. The van der Waals surface area contributed by atoms with Gasteiger partial charge in [-0.25, -0.2) is 9.78 Å². The van der Waals surface area contributed by atoms with Gasteiger partial charge in [-0.05, 0) is 31.2 Å². The van der Waals surface area contributed by atoms with Crippen LogP contribution in [-0.2, 0) is 19.1 Å². The number of nitrogens with zero attached hydrogens (tertiary/aromatic N) is 2. The molecule has 0 aliphatic carbocycles. The Balaban J connectivity index is 1.42. The third-order valence-corrected chi connectivity index (χ3v) is 4.64. The number of hydrogen-bond donors (Lipinski definition) is 1. The molecule has 0 fully saturated rings. The summed E-state index contributed by atoms with van der Waals surface area (Å²) in [7, 11) is 0. The Morgan fingerprint density at radius 2 is 2.00 bits per heavy atom. The minimum Gasteiger partial charge on any atom is -0.452 e. The normalized spacial score (nSPS) is 16.2. The van der Waals surface area contributed by atoms with Gasteiger partial charge in [-0.15, -0.1) is 0 Å². The van der Waals surface area contributed by atoms with Crippen LogP contribution in [0.2, 0.25) is 0 Å². The van der Waals surface area contributed by atoms with Crippen molar-refractivity contribution in [3.05, 3.63) is 60.5 Å². The zero-order valence-corrected chi connectivity index (χ0v) is 16.2. The van der Waals surface area contributed by atoms with Crippen molar-refractivity contribution in [3.8, 4) is 0 Å². The van der Waals surface area contributed by atoms with Gasteiger partial charge in [-0.3, -0.25) is 9.59 Å². The van der Waals surface area contributed by atoms with E-state index >= 15 is 0 Å². The van der Waals surface area contributed by atoms with Crippen LogP contribution in [0.1, 0.15) is 19.2 Å². The van der Waals surface area contributed by atoms with Crippen LogP contribution in [0.5, 0.6) is 0 Å². The smallest absolute Gasteiger partial charge is 0.331 e. The molecule has 8 nitrogen and oxygen atoms in total. The van der Waals surface area contributed by atoms with Crippen LogP contribution in [0.4, 0.5) is 11.4 Å². The lowest BCUT2D eigenvalue weighted by molar-refractivity contribution is -0.143. The molecule has 3 aromatic rings. The zero-order valence-electron chi connectivity index (χ0n) is 16.2. The summed E-state index contributed by atoms with van der Waals surface area (Å²) in [5.41, 5.74) is 2.40. The van der Waals surface area contributed by atoms with Gasteiger partial charge in [0.15, 0.2) is 12.2 Å². The second-order valence-electron chi connectivity index (χ2n) is 6.84. The number of amides is 2. The van der Waals surface area contributed by atoms with E-state index in [1.807, 2.05) is 12.1 Å². The van der Waals surface area contributed by atoms with Crippen LogP contribution < -0.4 is 10.2 Å². The molecule has 0 bridgehead atoms. The lowest BCUT2D eigenvalue weighted by atomic mass is 10.1. The van der Waals surface area contributed by atoms with E-state index in [4.69, 9.17) is 9.15 Å². The summed E-state index contributed by atoms with van der Waals surface area (Å²) >= 11 is 0. The number of carbonyl (C=O) groups excluding carboxylic acids is 3. The minimum absolute atomic E-state index is 0.145. The third-order valence-electron chi connectivity index (χ3n) is 4.64. The van der Waals surface area contributed by atoms with Crippen molar-refractivity contribution in [3.63, 3.8) is 0 Å². The SMILES string of the molecule is C[C@H]1CC(=O)Nc2ccccc2N1C(=O)COC(=O)/C=C/c1nc2ccccc2o1. The van der Waals surface area contributed by atoms with E-state index in [9.17, 15) is 14.4 Å². The molecule has 0 saturated heterocycles. The fourth-order valence-corrected chi connectivity index (χ4v) is 3.32. The van der Waals surface area contributed by atoms with Crippen LogP contribution in [-0.4, -0.2) is 35.4 Å². The van der Waals surface area contributed by atoms with Gasteiger partial charge in [0.1, 0.15) is 5.52 Å². The topological polar surface area (TPSA) is 102 Å². The molecule has 0 radical (unpaired) electrons. The molecule has 0 spiro atoms. The molecule has 4 rings (SSSR count). The molecule has 8 heteroatoms. The molecule has 152 valence electrons. The van der Waals surface area contributed by atoms with E-state index in [1.165, 1.54) is 11.0 Å². The van der Waals surface area contributed by atoms with Gasteiger partial charge < -0.3 is 19.4 Å². The molecule has 1 aliphatic heterocycles. The Bertz CT molecular complexity index is 1120. The zero-order chi connectivity index (χ0) is 21.1. The second-order valence-corrected chi connectivity index (χ2v) is 6.84. The number of oxazole rings is 1. The standard InChI is InChI=1S/C22H19N3O5/c1-14-12-19(26)23-15-6-2-4-8-17(15)25(14)21(27)13-29-22(28)11-10-20-24-16-7-3-5-9-18(16)30-20/h2-11,14H,12-13H2,1H3,(H,23,26)/b11-10+/t14-/m0/s1. The fourth-order valence-electron chi connectivity index (χ4n) is 3.32. The first kappa shape index (κ1) is 19.4. The Kier molecular flexibility index (Phi) is 5.30. The summed E-state index contributed by atoms with van der Waals surface area (Å²) in [6, 6.07) is 13.9. The van der Waals surface area contributed by atoms with E-state index in [2.05, 4.69) is 10.3 Å². The van der Waals surface area contributed by atoms with Gasteiger partial charge in [0.2, 0.25) is 11.8 Å². The number of hydrogen-bond acceptors (Lipinski definition) is 6. The molecule has 2 amide bonds. The van der Waals surface area contributed by atoms with Crippen molar-refractivity contribution in [2.75, 3.05) is 16.8 Å². The quantitative estimate of drug-likeness (QED) is 0.529. The predicted molar refractivity (Wildman–Crippen MR) is 111 cm³/mol. The summed E-state index contributed by atoms with van der Waals surface area (Å²) in [5.74, 6) is -1.03. The van der Waals surface area contributed by atoms with Gasteiger partial charge in [-0.2, -0.15) is 0 Å². The van der Waals surface area contributed by atoms with Crippen molar-refractivity contribution >= 4 is 46.3 Å². The van der Waals surface area contributed by atoms with Crippen molar-refractivity contribution < 1.29 is 23.5 Å². The second kappa shape index (κ2) is 8.20. The highest BCUT2D eigenvalue weighted by Crippen LogP contribution is 2.31. The van der Waals surface area contributed by atoms with E-state index in [0.717, 1.165) is 6.08 Å². The lowest BCUT2D eigenvalue weighted by Gasteiger charge is -2.27. The third kappa shape index (κ3) is 4.07. The number of para-hydroxylation sites is 4. The summed E-state index contributed by atoms with van der Waals surface area (Å²) in [6.07, 6.45) is 2.69. The van der Waals surface area contributed by atoms with E-state index in [-0.39, 0.29) is 24.3 Å². The first-order chi connectivity index (χ1) is 14.5. The molecular formula is C22H19N3O5. The minimum atomic E-state index is -0.699. The van der Waals surface area contributed by atoms with Gasteiger partial charge in [0, 0.05) is 24.6 Å². The van der Waals surface area contributed by atoms with Crippen LogP contribution >= 0.6 is 0 Å². The predicted octanol–water partition coefficient (Wildman–Crippen LogP) is 3.15. The Labute approximate surface area is 172 Å². The van der Waals surface area contributed by atoms with Crippen molar-refractivity contribution in [2.45, 2.75) is 19.4 Å². The van der Waals surface area contributed by atoms with Crippen molar-refractivity contribution in [1.82, 2.24) is 4.98 Å². The molecular weight excluding hydrogens is 386 g/mol. The van der Waals surface area contributed by atoms with Gasteiger partial charge in [-0.1, -0.05) is 24.3 Å². The Morgan fingerprint density at radius 3 is 2.83 bits per heavy atom. The van der Waals surface area contributed by atoms with Gasteiger partial charge in [0.25, 0.3) is 5.91 Å². The first-order valence-corrected chi connectivity index (χ1v) is 9.42. The number of benzene rings is 2. The average molecular weight is 405 g/mol. The molecule has 1 N–H and O–H groups in total. The van der Waals surface area contributed by atoms with E-state index < -0.39 is 18.5 Å². The monoisotopic (exact) mass is 405 g/mol. The maximum atomic E-state index is 12.8. The van der Waals surface area contributed by atoms with Gasteiger partial charge in [0.05, 0.1) is 11.4 Å². The molecule has 0 saturated carbocycles. The molecule has 30 heavy (non-hydrogen) atoms. The fraction of sp³-hybridized carbons (Fsp3) is 0.182. The number of fused-ring (bicyclic) bond motifs is 2.